The number of hydrogen-bond donors (Lipinski definition) is 2. The predicted octanol–water partition coefficient (Wildman–Crippen LogP) is 2.42. The first kappa shape index (κ1) is 18.9. The normalized spacial score (nSPS) is 11.4. The molecule has 130 valence electrons. The van der Waals surface area contributed by atoms with E-state index in [4.69, 9.17) is 19.9 Å². The van der Waals surface area contributed by atoms with Gasteiger partial charge in [-0.3, -0.25) is 4.99 Å². The highest BCUT2D eigenvalue weighted by Gasteiger charge is 2.02. The van der Waals surface area contributed by atoms with Crippen molar-refractivity contribution in [2.24, 2.45) is 16.6 Å². The van der Waals surface area contributed by atoms with E-state index in [-0.39, 0.29) is 0 Å². The van der Waals surface area contributed by atoms with E-state index in [9.17, 15) is 0 Å². The summed E-state index contributed by atoms with van der Waals surface area (Å²) in [4.78, 5) is 4.27. The Hall–Kier alpha value is -2.11. The van der Waals surface area contributed by atoms with Crippen molar-refractivity contribution < 1.29 is 14.2 Å². The molecule has 0 amide bonds. The molecule has 0 unspecified atom stereocenters. The first-order valence-corrected chi connectivity index (χ1v) is 7.94. The van der Waals surface area contributed by atoms with Crippen LogP contribution in [0.15, 0.2) is 23.2 Å². The lowest BCUT2D eigenvalue weighted by molar-refractivity contribution is 0.307. The number of hydrogen-bond acceptors (Lipinski definition) is 4. The fourth-order valence-electron chi connectivity index (χ4n) is 1.86. The van der Waals surface area contributed by atoms with Gasteiger partial charge in [0.2, 0.25) is 0 Å². The van der Waals surface area contributed by atoms with Crippen LogP contribution in [0, 0.1) is 5.92 Å². The fourth-order valence-corrected chi connectivity index (χ4v) is 1.86. The number of methoxy groups -OCH3 is 2. The van der Waals surface area contributed by atoms with Gasteiger partial charge in [-0.15, -0.1) is 0 Å². The van der Waals surface area contributed by atoms with Crippen molar-refractivity contribution in [1.29, 1.82) is 0 Å². The molecule has 0 saturated heterocycles. The van der Waals surface area contributed by atoms with Gasteiger partial charge in [-0.25, -0.2) is 0 Å². The van der Waals surface area contributed by atoms with Gasteiger partial charge in [0.15, 0.2) is 5.96 Å². The number of rotatable bonds is 10. The molecule has 6 nitrogen and oxygen atoms in total. The second kappa shape index (κ2) is 10.6. The van der Waals surface area contributed by atoms with E-state index in [1.54, 1.807) is 20.3 Å². The van der Waals surface area contributed by atoms with E-state index in [0.29, 0.717) is 42.3 Å². The van der Waals surface area contributed by atoms with E-state index < -0.39 is 0 Å². The highest BCUT2D eigenvalue weighted by Crippen LogP contribution is 2.27. The van der Waals surface area contributed by atoms with Gasteiger partial charge in [0.1, 0.15) is 17.2 Å². The van der Waals surface area contributed by atoms with Crippen LogP contribution in [0.2, 0.25) is 0 Å². The Morgan fingerprint density at radius 2 is 1.74 bits per heavy atom. The lowest BCUT2D eigenvalue weighted by Gasteiger charge is -2.10. The second-order valence-corrected chi connectivity index (χ2v) is 5.63. The van der Waals surface area contributed by atoms with Crippen LogP contribution in [0.5, 0.6) is 17.2 Å². The number of nitrogens with two attached hydrogens (primary N) is 1. The molecule has 0 saturated carbocycles. The molecule has 23 heavy (non-hydrogen) atoms. The van der Waals surface area contributed by atoms with E-state index >= 15 is 0 Å². The van der Waals surface area contributed by atoms with Crippen LogP contribution in [0.4, 0.5) is 0 Å². The van der Waals surface area contributed by atoms with Crippen LogP contribution < -0.4 is 25.3 Å². The summed E-state index contributed by atoms with van der Waals surface area (Å²) in [7, 11) is 3.23. The summed E-state index contributed by atoms with van der Waals surface area (Å²) in [6.07, 6.45) is 1.86. The van der Waals surface area contributed by atoms with Gasteiger partial charge in [-0.2, -0.15) is 0 Å². The van der Waals surface area contributed by atoms with Crippen LogP contribution in [0.3, 0.4) is 0 Å². The Morgan fingerprint density at radius 3 is 2.30 bits per heavy atom. The first-order chi connectivity index (χ1) is 11.0. The van der Waals surface area contributed by atoms with Crippen LogP contribution in [-0.4, -0.2) is 39.9 Å². The van der Waals surface area contributed by atoms with Gasteiger partial charge in [0, 0.05) is 37.7 Å². The zero-order chi connectivity index (χ0) is 17.1. The molecule has 0 heterocycles. The summed E-state index contributed by atoms with van der Waals surface area (Å²) in [5.74, 6) is 3.28. The van der Waals surface area contributed by atoms with Crippen molar-refractivity contribution in [1.82, 2.24) is 5.32 Å². The van der Waals surface area contributed by atoms with Gasteiger partial charge in [0.05, 0.1) is 20.8 Å². The van der Waals surface area contributed by atoms with E-state index in [1.807, 2.05) is 12.1 Å². The zero-order valence-corrected chi connectivity index (χ0v) is 14.6. The first-order valence-electron chi connectivity index (χ1n) is 7.94. The van der Waals surface area contributed by atoms with Crippen molar-refractivity contribution in [2.75, 3.05) is 33.9 Å². The molecule has 1 aromatic carbocycles. The van der Waals surface area contributed by atoms with Gasteiger partial charge < -0.3 is 25.3 Å². The molecule has 0 aromatic heterocycles. The lowest BCUT2D eigenvalue weighted by Crippen LogP contribution is -2.33. The topological polar surface area (TPSA) is 78.1 Å². The molecular weight excluding hydrogens is 294 g/mol. The standard InChI is InChI=1S/C17H29N3O3/c1-13(2)6-8-20-17(18)19-7-5-9-23-16-11-14(21-3)10-15(12-16)22-4/h10-13H,5-9H2,1-4H3,(H3,18,19,20). The summed E-state index contributed by atoms with van der Waals surface area (Å²) < 4.78 is 16.1. The highest BCUT2D eigenvalue weighted by molar-refractivity contribution is 5.77. The number of nitrogens with zero attached hydrogens (tertiary/aromatic N) is 1. The average molecular weight is 323 g/mol. The molecule has 6 heteroatoms. The Morgan fingerprint density at radius 1 is 1.13 bits per heavy atom. The fraction of sp³-hybridized carbons (Fsp3) is 0.588. The minimum absolute atomic E-state index is 0.494. The Balaban J connectivity index is 2.29. The quantitative estimate of drug-likeness (QED) is 0.393. The number of guanidine groups is 1. The van der Waals surface area contributed by atoms with Gasteiger partial charge in [-0.05, 0) is 12.3 Å². The molecule has 0 aliphatic heterocycles. The Bertz CT molecular complexity index is 468. The second-order valence-electron chi connectivity index (χ2n) is 5.63. The maximum absolute atomic E-state index is 5.79. The molecule has 0 radical (unpaired) electrons. The molecule has 0 aliphatic rings. The Kier molecular flexibility index (Phi) is 8.72. The third kappa shape index (κ3) is 8.18. The molecule has 0 aliphatic carbocycles. The lowest BCUT2D eigenvalue weighted by atomic mass is 10.1. The molecule has 0 bridgehead atoms. The molecule has 0 atom stereocenters. The molecular formula is C17H29N3O3. The minimum atomic E-state index is 0.494. The van der Waals surface area contributed by atoms with Gasteiger partial charge in [0.25, 0.3) is 0 Å². The van der Waals surface area contributed by atoms with Crippen molar-refractivity contribution in [2.45, 2.75) is 26.7 Å². The number of ether oxygens (including phenoxy) is 3. The average Bonchev–Trinajstić information content (AvgIpc) is 2.53. The minimum Gasteiger partial charge on any atom is -0.496 e. The third-order valence-electron chi connectivity index (χ3n) is 3.21. The molecule has 0 fully saturated rings. The summed E-state index contributed by atoms with van der Waals surface area (Å²) >= 11 is 0. The number of benzene rings is 1. The largest absolute Gasteiger partial charge is 0.496 e. The van der Waals surface area contributed by atoms with Gasteiger partial charge in [-0.1, -0.05) is 13.8 Å². The van der Waals surface area contributed by atoms with Crippen molar-refractivity contribution in [3.63, 3.8) is 0 Å². The van der Waals surface area contributed by atoms with Crippen LogP contribution in [0.1, 0.15) is 26.7 Å². The van der Waals surface area contributed by atoms with E-state index in [1.165, 1.54) is 0 Å². The van der Waals surface area contributed by atoms with Crippen LogP contribution in [0.25, 0.3) is 0 Å². The maximum atomic E-state index is 5.79. The maximum Gasteiger partial charge on any atom is 0.188 e. The smallest absolute Gasteiger partial charge is 0.188 e. The van der Waals surface area contributed by atoms with Crippen LogP contribution >= 0.6 is 0 Å². The Labute approximate surface area is 139 Å². The highest BCUT2D eigenvalue weighted by atomic mass is 16.5. The zero-order valence-electron chi connectivity index (χ0n) is 14.6. The molecule has 3 N–H and O–H groups in total. The van der Waals surface area contributed by atoms with Crippen LogP contribution in [-0.2, 0) is 0 Å². The summed E-state index contributed by atoms with van der Waals surface area (Å²) in [5, 5.41) is 3.11. The summed E-state index contributed by atoms with van der Waals surface area (Å²) in [6, 6.07) is 5.46. The van der Waals surface area contributed by atoms with Crippen molar-refractivity contribution in [3.8, 4) is 17.2 Å². The number of aliphatic imine (C=N–C) groups is 1. The summed E-state index contributed by atoms with van der Waals surface area (Å²) in [5.41, 5.74) is 5.79. The van der Waals surface area contributed by atoms with E-state index in [0.717, 1.165) is 19.4 Å². The van der Waals surface area contributed by atoms with Crippen molar-refractivity contribution >= 4 is 5.96 Å². The third-order valence-corrected chi connectivity index (χ3v) is 3.21. The van der Waals surface area contributed by atoms with Gasteiger partial charge >= 0.3 is 0 Å². The predicted molar refractivity (Wildman–Crippen MR) is 93.6 cm³/mol. The summed E-state index contributed by atoms with van der Waals surface area (Å²) in [6.45, 7) is 6.40. The molecule has 0 spiro atoms. The van der Waals surface area contributed by atoms with E-state index in [2.05, 4.69) is 24.2 Å². The molecule has 1 rings (SSSR count). The number of nitrogens with one attached hydrogen (secondary N) is 1. The van der Waals surface area contributed by atoms with Crippen molar-refractivity contribution in [3.05, 3.63) is 18.2 Å². The molecule has 1 aromatic rings. The SMILES string of the molecule is COc1cc(OC)cc(OCCCN=C(N)NCCC(C)C)c1. The monoisotopic (exact) mass is 323 g/mol.